The monoisotopic (exact) mass is 338 g/mol. The fourth-order valence-electron chi connectivity index (χ4n) is 1.03. The Morgan fingerprint density at radius 3 is 1.50 bits per heavy atom. The SMILES string of the molecule is CC(SCCCS(=O)(=O)O)SCCCS(=O)(=O)O. The van der Waals surface area contributed by atoms with Crippen molar-refractivity contribution < 1.29 is 25.9 Å². The number of hydrogen-bond donors (Lipinski definition) is 2. The zero-order chi connectivity index (χ0) is 14.2. The average molecular weight is 338 g/mol. The molecule has 0 heterocycles. The Kier molecular flexibility index (Phi) is 8.89. The molecule has 2 N–H and O–H groups in total. The van der Waals surface area contributed by atoms with Crippen molar-refractivity contribution in [2.75, 3.05) is 23.0 Å². The molecule has 0 saturated heterocycles. The van der Waals surface area contributed by atoms with Crippen LogP contribution in [0.25, 0.3) is 0 Å². The number of thioether (sulfide) groups is 2. The van der Waals surface area contributed by atoms with E-state index in [4.69, 9.17) is 9.11 Å². The van der Waals surface area contributed by atoms with Crippen LogP contribution in [0.5, 0.6) is 0 Å². The fourth-order valence-corrected chi connectivity index (χ4v) is 4.66. The summed E-state index contributed by atoms with van der Waals surface area (Å²) in [7, 11) is -7.75. The molecule has 0 rings (SSSR count). The van der Waals surface area contributed by atoms with E-state index in [0.29, 0.717) is 24.3 Å². The Balaban J connectivity index is 3.52. The van der Waals surface area contributed by atoms with Gasteiger partial charge in [-0.1, -0.05) is 0 Å². The molecule has 0 atom stereocenters. The van der Waals surface area contributed by atoms with Crippen molar-refractivity contribution in [3.05, 3.63) is 0 Å². The molecule has 10 heteroatoms. The van der Waals surface area contributed by atoms with Crippen LogP contribution < -0.4 is 0 Å². The second-order valence-corrected chi connectivity index (χ2v) is 9.93. The second-order valence-electron chi connectivity index (χ2n) is 3.59. The van der Waals surface area contributed by atoms with Gasteiger partial charge in [0, 0.05) is 4.58 Å². The van der Waals surface area contributed by atoms with Gasteiger partial charge in [-0.25, -0.2) is 0 Å². The van der Waals surface area contributed by atoms with Gasteiger partial charge in [-0.3, -0.25) is 9.11 Å². The lowest BCUT2D eigenvalue weighted by Crippen LogP contribution is -2.06. The molecule has 0 amide bonds. The first kappa shape index (κ1) is 18.5. The quantitative estimate of drug-likeness (QED) is 0.349. The van der Waals surface area contributed by atoms with Crippen molar-refractivity contribution in [1.82, 2.24) is 0 Å². The Morgan fingerprint density at radius 1 is 0.889 bits per heavy atom. The lowest BCUT2D eigenvalue weighted by molar-refractivity contribution is 0.480. The van der Waals surface area contributed by atoms with Gasteiger partial charge in [-0.05, 0) is 31.3 Å². The molecule has 0 radical (unpaired) electrons. The van der Waals surface area contributed by atoms with E-state index in [1.807, 2.05) is 6.92 Å². The molecule has 0 bridgehead atoms. The first-order valence-corrected chi connectivity index (χ1v) is 10.6. The molecular weight excluding hydrogens is 320 g/mol. The Labute approximate surface area is 117 Å². The van der Waals surface area contributed by atoms with Crippen LogP contribution in [0.1, 0.15) is 19.8 Å². The maximum atomic E-state index is 10.4. The molecule has 0 aliphatic carbocycles. The van der Waals surface area contributed by atoms with Crippen LogP contribution in [-0.4, -0.2) is 53.5 Å². The predicted octanol–water partition coefficient (Wildman–Crippen LogP) is 1.35. The van der Waals surface area contributed by atoms with E-state index in [0.717, 1.165) is 0 Å². The molecule has 0 aliphatic rings. The molecule has 0 spiro atoms. The Morgan fingerprint density at radius 2 is 1.22 bits per heavy atom. The van der Waals surface area contributed by atoms with E-state index in [1.165, 1.54) is 0 Å². The third-order valence-electron chi connectivity index (χ3n) is 1.80. The van der Waals surface area contributed by atoms with Crippen molar-refractivity contribution >= 4 is 43.8 Å². The highest BCUT2D eigenvalue weighted by atomic mass is 32.2. The van der Waals surface area contributed by atoms with Gasteiger partial charge in [0.1, 0.15) is 0 Å². The molecule has 6 nitrogen and oxygen atoms in total. The normalized spacial score (nSPS) is 13.1. The molecule has 0 saturated carbocycles. The molecule has 0 aliphatic heterocycles. The third-order valence-corrected chi connectivity index (χ3v) is 6.21. The van der Waals surface area contributed by atoms with Crippen molar-refractivity contribution in [3.8, 4) is 0 Å². The molecule has 110 valence electrons. The zero-order valence-corrected chi connectivity index (χ0v) is 13.2. The molecule has 0 aromatic heterocycles. The van der Waals surface area contributed by atoms with Gasteiger partial charge >= 0.3 is 0 Å². The van der Waals surface area contributed by atoms with Crippen LogP contribution in [0.2, 0.25) is 0 Å². The molecule has 0 unspecified atom stereocenters. The van der Waals surface area contributed by atoms with Crippen molar-refractivity contribution in [2.24, 2.45) is 0 Å². The van der Waals surface area contributed by atoms with Gasteiger partial charge in [-0.15, -0.1) is 23.5 Å². The van der Waals surface area contributed by atoms with Gasteiger partial charge in [0.05, 0.1) is 11.5 Å². The number of rotatable bonds is 10. The highest BCUT2D eigenvalue weighted by Gasteiger charge is 2.08. The van der Waals surface area contributed by atoms with Crippen LogP contribution in [-0.2, 0) is 20.2 Å². The summed E-state index contributed by atoms with van der Waals surface area (Å²) in [6.07, 6.45) is 0.777. The fraction of sp³-hybridized carbons (Fsp3) is 1.00. The van der Waals surface area contributed by atoms with E-state index in [1.54, 1.807) is 23.5 Å². The smallest absolute Gasteiger partial charge is 0.264 e. The standard InChI is InChI=1S/C8H18O6S4/c1-8(15-4-2-6-17(9,10)11)16-5-3-7-18(12,13)14/h8H,2-7H2,1H3,(H,9,10,11)(H,12,13,14). The van der Waals surface area contributed by atoms with Crippen LogP contribution in [0.15, 0.2) is 0 Å². The summed E-state index contributed by atoms with van der Waals surface area (Å²) in [5.41, 5.74) is 0. The number of hydrogen-bond acceptors (Lipinski definition) is 6. The summed E-state index contributed by atoms with van der Waals surface area (Å²) in [5, 5.41) is 0. The minimum absolute atomic E-state index is 0.216. The molecule has 0 aromatic rings. The van der Waals surface area contributed by atoms with E-state index in [-0.39, 0.29) is 16.1 Å². The summed E-state index contributed by atoms with van der Waals surface area (Å²) in [6, 6.07) is 0. The maximum Gasteiger partial charge on any atom is 0.264 e. The first-order chi connectivity index (χ1) is 8.10. The van der Waals surface area contributed by atoms with E-state index in [2.05, 4.69) is 0 Å². The highest BCUT2D eigenvalue weighted by molar-refractivity contribution is 8.16. The third kappa shape index (κ3) is 14.6. The van der Waals surface area contributed by atoms with E-state index < -0.39 is 20.2 Å². The summed E-state index contributed by atoms with van der Waals surface area (Å²) in [5.74, 6) is 0.763. The summed E-state index contributed by atoms with van der Waals surface area (Å²) in [6.45, 7) is 1.94. The van der Waals surface area contributed by atoms with Crippen molar-refractivity contribution in [3.63, 3.8) is 0 Å². The molecular formula is C8H18O6S4. The van der Waals surface area contributed by atoms with Gasteiger partial charge in [-0.2, -0.15) is 16.8 Å². The topological polar surface area (TPSA) is 109 Å². The summed E-state index contributed by atoms with van der Waals surface area (Å²) in [4.78, 5) is 0. The van der Waals surface area contributed by atoms with Crippen LogP contribution in [0, 0.1) is 0 Å². The van der Waals surface area contributed by atoms with Crippen LogP contribution >= 0.6 is 23.5 Å². The lowest BCUT2D eigenvalue weighted by atomic mass is 10.6. The maximum absolute atomic E-state index is 10.4. The predicted molar refractivity (Wildman–Crippen MR) is 76.4 cm³/mol. The minimum atomic E-state index is -3.87. The molecule has 0 fully saturated rings. The van der Waals surface area contributed by atoms with Gasteiger partial charge in [0.25, 0.3) is 20.2 Å². The van der Waals surface area contributed by atoms with Gasteiger partial charge in [0.15, 0.2) is 0 Å². The minimum Gasteiger partial charge on any atom is -0.286 e. The average Bonchev–Trinajstić information content (AvgIpc) is 2.17. The molecule has 18 heavy (non-hydrogen) atoms. The largest absolute Gasteiger partial charge is 0.286 e. The van der Waals surface area contributed by atoms with Crippen molar-refractivity contribution in [2.45, 2.75) is 24.3 Å². The van der Waals surface area contributed by atoms with E-state index >= 15 is 0 Å². The van der Waals surface area contributed by atoms with E-state index in [9.17, 15) is 16.8 Å². The van der Waals surface area contributed by atoms with Gasteiger partial charge in [0.2, 0.25) is 0 Å². The highest BCUT2D eigenvalue weighted by Crippen LogP contribution is 2.24. The van der Waals surface area contributed by atoms with Gasteiger partial charge < -0.3 is 0 Å². The van der Waals surface area contributed by atoms with Crippen LogP contribution in [0.4, 0.5) is 0 Å². The van der Waals surface area contributed by atoms with Crippen LogP contribution in [0.3, 0.4) is 0 Å². The summed E-state index contributed by atoms with van der Waals surface area (Å²) >= 11 is 3.10. The van der Waals surface area contributed by atoms with Crippen molar-refractivity contribution in [1.29, 1.82) is 0 Å². The first-order valence-electron chi connectivity index (χ1n) is 5.24. The molecule has 0 aromatic carbocycles. The Bertz CT molecular complexity index is 375. The lowest BCUT2D eigenvalue weighted by Gasteiger charge is -2.09. The summed E-state index contributed by atoms with van der Waals surface area (Å²) < 4.78 is 59.0. The second kappa shape index (κ2) is 8.64. The zero-order valence-electron chi connectivity index (χ0n) is 9.98. The Hall–Kier alpha value is 0.520.